The Kier molecular flexibility index (Phi) is 5.16. The summed E-state index contributed by atoms with van der Waals surface area (Å²) in [4.78, 5) is 16.4. The molecule has 7 nitrogen and oxygen atoms in total. The van der Waals surface area contributed by atoms with Gasteiger partial charge in [0.05, 0.1) is 31.7 Å². The van der Waals surface area contributed by atoms with Crippen LogP contribution in [0.3, 0.4) is 0 Å². The van der Waals surface area contributed by atoms with Crippen molar-refractivity contribution in [3.63, 3.8) is 0 Å². The minimum Gasteiger partial charge on any atom is -0.453 e. The number of hydrogen-bond acceptors (Lipinski definition) is 5. The van der Waals surface area contributed by atoms with Crippen LogP contribution in [0.1, 0.15) is 11.3 Å². The van der Waals surface area contributed by atoms with Gasteiger partial charge in [0, 0.05) is 29.9 Å². The topological polar surface area (TPSA) is 85.1 Å². The van der Waals surface area contributed by atoms with E-state index < -0.39 is 6.09 Å². The summed E-state index contributed by atoms with van der Waals surface area (Å²) in [6.07, 6.45) is 1.36. The largest absolute Gasteiger partial charge is 0.453 e. The minimum atomic E-state index is -0.537. The van der Waals surface area contributed by atoms with Gasteiger partial charge in [0.15, 0.2) is 0 Å². The lowest BCUT2D eigenvalue weighted by molar-refractivity contribution is 0.185. The van der Waals surface area contributed by atoms with Gasteiger partial charge in [0.25, 0.3) is 0 Å². The maximum Gasteiger partial charge on any atom is 0.411 e. The van der Waals surface area contributed by atoms with Crippen molar-refractivity contribution in [1.82, 2.24) is 9.38 Å². The van der Waals surface area contributed by atoms with E-state index in [1.807, 2.05) is 53.1 Å². The molecule has 2 aromatic carbocycles. The van der Waals surface area contributed by atoms with Crippen LogP contribution in [0.15, 0.2) is 54.7 Å². The van der Waals surface area contributed by atoms with Gasteiger partial charge in [-0.3, -0.25) is 5.32 Å². The van der Waals surface area contributed by atoms with E-state index in [1.54, 1.807) is 13.2 Å². The van der Waals surface area contributed by atoms with Crippen LogP contribution in [0.2, 0.25) is 0 Å². The highest BCUT2D eigenvalue weighted by atomic mass is 16.5. The van der Waals surface area contributed by atoms with Crippen LogP contribution in [-0.4, -0.2) is 34.8 Å². The number of aromatic nitrogens is 2. The predicted molar refractivity (Wildman–Crippen MR) is 111 cm³/mol. The Morgan fingerprint density at radius 3 is 2.76 bits per heavy atom. The van der Waals surface area contributed by atoms with E-state index in [0.717, 1.165) is 21.9 Å². The monoisotopic (exact) mass is 391 g/mol. The van der Waals surface area contributed by atoms with E-state index in [-0.39, 0.29) is 6.61 Å². The molecule has 0 spiro atoms. The molecule has 148 valence electrons. The van der Waals surface area contributed by atoms with E-state index in [1.165, 1.54) is 7.11 Å². The Hall–Kier alpha value is -3.42. The molecule has 4 aromatic rings. The summed E-state index contributed by atoms with van der Waals surface area (Å²) >= 11 is 0. The molecule has 7 heteroatoms. The molecule has 0 aliphatic carbocycles. The van der Waals surface area contributed by atoms with Crippen molar-refractivity contribution in [2.75, 3.05) is 19.5 Å². The van der Waals surface area contributed by atoms with Gasteiger partial charge in [-0.05, 0) is 29.1 Å². The number of amides is 1. The van der Waals surface area contributed by atoms with Gasteiger partial charge in [-0.15, -0.1) is 0 Å². The number of imidazole rings is 1. The summed E-state index contributed by atoms with van der Waals surface area (Å²) < 4.78 is 11.9. The fourth-order valence-electron chi connectivity index (χ4n) is 3.51. The smallest absolute Gasteiger partial charge is 0.411 e. The molecule has 0 saturated carbocycles. The number of carbonyl (C=O) groups is 1. The van der Waals surface area contributed by atoms with Crippen LogP contribution in [0.25, 0.3) is 27.7 Å². The molecule has 2 aromatic heterocycles. The third-order valence-corrected chi connectivity index (χ3v) is 4.86. The van der Waals surface area contributed by atoms with Crippen molar-refractivity contribution < 1.29 is 19.4 Å². The first-order valence-corrected chi connectivity index (χ1v) is 9.13. The maximum absolute atomic E-state index is 11.6. The Labute approximate surface area is 167 Å². The number of benzene rings is 2. The van der Waals surface area contributed by atoms with E-state index in [9.17, 15) is 9.90 Å². The van der Waals surface area contributed by atoms with E-state index in [0.29, 0.717) is 29.3 Å². The van der Waals surface area contributed by atoms with Gasteiger partial charge < -0.3 is 19.0 Å². The van der Waals surface area contributed by atoms with Gasteiger partial charge in [0.2, 0.25) is 0 Å². The fraction of sp³-hybridized carbons (Fsp3) is 0.182. The second-order valence-corrected chi connectivity index (χ2v) is 6.58. The lowest BCUT2D eigenvalue weighted by Gasteiger charge is -2.08. The summed E-state index contributed by atoms with van der Waals surface area (Å²) in [5.41, 5.74) is 4.61. The Morgan fingerprint density at radius 1 is 1.17 bits per heavy atom. The summed E-state index contributed by atoms with van der Waals surface area (Å²) in [7, 11) is 2.97. The van der Waals surface area contributed by atoms with E-state index >= 15 is 0 Å². The SMILES string of the molecule is COCc1ccccc1-c1nc2c3cc(NC(=O)OC)ccc3ccn2c1CO. The Balaban J connectivity index is 1.94. The van der Waals surface area contributed by atoms with Gasteiger partial charge in [-0.1, -0.05) is 30.3 Å². The molecule has 1 amide bonds. The summed E-state index contributed by atoms with van der Waals surface area (Å²) in [5.74, 6) is 0. The summed E-state index contributed by atoms with van der Waals surface area (Å²) in [5, 5.41) is 14.6. The third kappa shape index (κ3) is 3.41. The van der Waals surface area contributed by atoms with Gasteiger partial charge in [0.1, 0.15) is 5.65 Å². The third-order valence-electron chi connectivity index (χ3n) is 4.86. The highest BCUT2D eigenvalue weighted by molar-refractivity contribution is 5.99. The second kappa shape index (κ2) is 7.90. The first-order valence-electron chi connectivity index (χ1n) is 9.13. The number of fused-ring (bicyclic) bond motifs is 3. The van der Waals surface area contributed by atoms with Crippen molar-refractivity contribution in [3.05, 3.63) is 66.0 Å². The second-order valence-electron chi connectivity index (χ2n) is 6.58. The molecule has 2 N–H and O–H groups in total. The van der Waals surface area contributed by atoms with Crippen LogP contribution in [0, 0.1) is 0 Å². The number of hydrogen-bond donors (Lipinski definition) is 2. The number of nitrogens with zero attached hydrogens (tertiary/aromatic N) is 2. The predicted octanol–water partition coefficient (Wildman–Crippen LogP) is 3.97. The van der Waals surface area contributed by atoms with Crippen molar-refractivity contribution in [2.45, 2.75) is 13.2 Å². The standard InChI is InChI=1S/C22H21N3O4/c1-28-13-15-5-3-4-6-17(15)20-19(12-26)25-10-9-14-7-8-16(23-22(27)29-2)11-18(14)21(25)24-20/h3-11,26H,12-13H2,1-2H3,(H,23,27). The van der Waals surface area contributed by atoms with Gasteiger partial charge in [-0.2, -0.15) is 0 Å². The quantitative estimate of drug-likeness (QED) is 0.538. The molecule has 0 bridgehead atoms. The molecule has 4 rings (SSSR count). The van der Waals surface area contributed by atoms with Crippen molar-refractivity contribution in [2.24, 2.45) is 0 Å². The Bertz CT molecular complexity index is 1200. The molecule has 0 saturated heterocycles. The molecule has 0 atom stereocenters. The van der Waals surface area contributed by atoms with Gasteiger partial charge >= 0.3 is 6.09 Å². The Morgan fingerprint density at radius 2 is 2.00 bits per heavy atom. The molecular formula is C22H21N3O4. The molecule has 0 fully saturated rings. The van der Waals surface area contributed by atoms with Crippen LogP contribution >= 0.6 is 0 Å². The van der Waals surface area contributed by atoms with Crippen LogP contribution in [0.4, 0.5) is 10.5 Å². The zero-order valence-electron chi connectivity index (χ0n) is 16.2. The normalized spacial score (nSPS) is 11.1. The average Bonchev–Trinajstić information content (AvgIpc) is 3.13. The first-order chi connectivity index (χ1) is 14.2. The molecule has 0 radical (unpaired) electrons. The molecule has 29 heavy (non-hydrogen) atoms. The number of rotatable bonds is 5. The fourth-order valence-corrected chi connectivity index (χ4v) is 3.51. The van der Waals surface area contributed by atoms with Crippen LogP contribution in [0.5, 0.6) is 0 Å². The number of methoxy groups -OCH3 is 2. The highest BCUT2D eigenvalue weighted by Crippen LogP contribution is 2.31. The molecular weight excluding hydrogens is 370 g/mol. The summed E-state index contributed by atoms with van der Waals surface area (Å²) in [6.45, 7) is 0.284. The molecule has 0 aliphatic rings. The lowest BCUT2D eigenvalue weighted by Crippen LogP contribution is -2.10. The lowest BCUT2D eigenvalue weighted by atomic mass is 10.0. The van der Waals surface area contributed by atoms with E-state index in [2.05, 4.69) is 10.1 Å². The highest BCUT2D eigenvalue weighted by Gasteiger charge is 2.18. The van der Waals surface area contributed by atoms with Crippen molar-refractivity contribution in [1.29, 1.82) is 0 Å². The number of nitrogens with one attached hydrogen (secondary N) is 1. The molecule has 0 unspecified atom stereocenters. The zero-order chi connectivity index (χ0) is 20.4. The van der Waals surface area contributed by atoms with Crippen LogP contribution in [-0.2, 0) is 22.7 Å². The minimum absolute atomic E-state index is 0.163. The number of aliphatic hydroxyl groups is 1. The maximum atomic E-state index is 11.6. The molecule has 2 heterocycles. The molecule has 0 aliphatic heterocycles. The number of anilines is 1. The van der Waals surface area contributed by atoms with E-state index in [4.69, 9.17) is 9.72 Å². The number of aliphatic hydroxyl groups excluding tert-OH is 1. The zero-order valence-corrected chi connectivity index (χ0v) is 16.2. The average molecular weight is 391 g/mol. The van der Waals surface area contributed by atoms with Gasteiger partial charge in [-0.25, -0.2) is 9.78 Å². The number of pyridine rings is 1. The first kappa shape index (κ1) is 18.9. The van der Waals surface area contributed by atoms with Crippen molar-refractivity contribution in [3.8, 4) is 11.3 Å². The van der Waals surface area contributed by atoms with Crippen molar-refractivity contribution >= 4 is 28.2 Å². The van der Waals surface area contributed by atoms with Crippen LogP contribution < -0.4 is 5.32 Å². The summed E-state index contributed by atoms with van der Waals surface area (Å²) in [6, 6.07) is 15.4. The number of ether oxygens (including phenoxy) is 2. The number of carbonyl (C=O) groups excluding carboxylic acids is 1.